The van der Waals surface area contributed by atoms with E-state index in [0.717, 1.165) is 13.0 Å². The predicted octanol–water partition coefficient (Wildman–Crippen LogP) is 2.12. The van der Waals surface area contributed by atoms with Gasteiger partial charge in [-0.25, -0.2) is 0 Å². The summed E-state index contributed by atoms with van der Waals surface area (Å²) in [5, 5.41) is 2.86. The Balaban J connectivity index is 2.10. The van der Waals surface area contributed by atoms with E-state index in [1.165, 1.54) is 11.1 Å². The van der Waals surface area contributed by atoms with Crippen molar-refractivity contribution in [2.24, 2.45) is 5.92 Å². The van der Waals surface area contributed by atoms with Gasteiger partial charge in [-0.1, -0.05) is 45.0 Å². The number of fused-ring (bicyclic) bond motifs is 1. The van der Waals surface area contributed by atoms with Crippen LogP contribution in [0.5, 0.6) is 0 Å². The van der Waals surface area contributed by atoms with Crippen molar-refractivity contribution in [3.05, 3.63) is 35.4 Å². The molecule has 1 heterocycles. The predicted molar refractivity (Wildman–Crippen MR) is 82.6 cm³/mol. The fraction of sp³-hybridized carbons (Fsp3) is 0.529. The molecule has 1 aromatic rings. The van der Waals surface area contributed by atoms with Crippen molar-refractivity contribution >= 4 is 11.8 Å². The van der Waals surface area contributed by atoms with Crippen LogP contribution in [0.25, 0.3) is 0 Å². The SMILES string of the molecule is CCC(=O)N[C@H](C(=O)N1CCc2ccccc2C1)C(C)C. The number of carbonyl (C=O) groups excluding carboxylic acids is 2. The van der Waals surface area contributed by atoms with E-state index in [1.807, 2.05) is 30.9 Å². The van der Waals surface area contributed by atoms with E-state index in [-0.39, 0.29) is 17.7 Å². The molecule has 0 radical (unpaired) electrons. The molecule has 1 aromatic carbocycles. The monoisotopic (exact) mass is 288 g/mol. The molecule has 1 aliphatic rings. The lowest BCUT2D eigenvalue weighted by molar-refractivity contribution is -0.138. The molecule has 0 aromatic heterocycles. The van der Waals surface area contributed by atoms with E-state index < -0.39 is 6.04 Å². The summed E-state index contributed by atoms with van der Waals surface area (Å²) < 4.78 is 0. The summed E-state index contributed by atoms with van der Waals surface area (Å²) in [7, 11) is 0. The Bertz CT molecular complexity index is 525. The molecule has 2 amide bonds. The fourth-order valence-electron chi connectivity index (χ4n) is 2.67. The van der Waals surface area contributed by atoms with Crippen LogP contribution in [0, 0.1) is 5.92 Å². The minimum atomic E-state index is -0.428. The van der Waals surface area contributed by atoms with Crippen LogP contribution in [-0.2, 0) is 22.6 Å². The van der Waals surface area contributed by atoms with Crippen LogP contribution in [0.3, 0.4) is 0 Å². The molecule has 1 aliphatic heterocycles. The average molecular weight is 288 g/mol. The average Bonchev–Trinajstić information content (AvgIpc) is 2.50. The number of nitrogens with one attached hydrogen (secondary N) is 1. The molecule has 4 heteroatoms. The fourth-order valence-corrected chi connectivity index (χ4v) is 2.67. The highest BCUT2D eigenvalue weighted by Gasteiger charge is 2.30. The van der Waals surface area contributed by atoms with Crippen molar-refractivity contribution < 1.29 is 9.59 Å². The molecule has 21 heavy (non-hydrogen) atoms. The second-order valence-corrected chi connectivity index (χ2v) is 5.92. The largest absolute Gasteiger partial charge is 0.344 e. The maximum absolute atomic E-state index is 12.7. The Morgan fingerprint density at radius 2 is 1.90 bits per heavy atom. The topological polar surface area (TPSA) is 49.4 Å². The lowest BCUT2D eigenvalue weighted by atomic mass is 9.97. The molecule has 1 atom stereocenters. The quantitative estimate of drug-likeness (QED) is 0.922. The second kappa shape index (κ2) is 6.74. The molecular weight excluding hydrogens is 264 g/mol. The number of hydrogen-bond acceptors (Lipinski definition) is 2. The van der Waals surface area contributed by atoms with Gasteiger partial charge in [0.05, 0.1) is 0 Å². The van der Waals surface area contributed by atoms with Gasteiger partial charge in [0.1, 0.15) is 6.04 Å². The zero-order valence-electron chi connectivity index (χ0n) is 13.1. The summed E-state index contributed by atoms with van der Waals surface area (Å²) in [5.74, 6) is 0.0472. The van der Waals surface area contributed by atoms with Crippen molar-refractivity contribution in [3.8, 4) is 0 Å². The number of carbonyl (C=O) groups is 2. The van der Waals surface area contributed by atoms with Gasteiger partial charge in [0.2, 0.25) is 11.8 Å². The van der Waals surface area contributed by atoms with Crippen molar-refractivity contribution in [1.29, 1.82) is 0 Å². The molecule has 0 saturated carbocycles. The lowest BCUT2D eigenvalue weighted by Crippen LogP contribution is -2.52. The maximum atomic E-state index is 12.7. The molecule has 1 N–H and O–H groups in total. The molecule has 0 aliphatic carbocycles. The highest BCUT2D eigenvalue weighted by atomic mass is 16.2. The Hall–Kier alpha value is -1.84. The van der Waals surface area contributed by atoms with Gasteiger partial charge in [-0.05, 0) is 23.5 Å². The van der Waals surface area contributed by atoms with E-state index in [1.54, 1.807) is 6.92 Å². The standard InChI is InChI=1S/C17H24N2O2/c1-4-15(20)18-16(12(2)3)17(21)19-10-9-13-7-5-6-8-14(13)11-19/h5-8,12,16H,4,9-11H2,1-3H3,(H,18,20)/t16-/m0/s1. The van der Waals surface area contributed by atoms with Gasteiger partial charge in [0, 0.05) is 19.5 Å². The van der Waals surface area contributed by atoms with Gasteiger partial charge in [0.25, 0.3) is 0 Å². The van der Waals surface area contributed by atoms with Gasteiger partial charge in [-0.3, -0.25) is 9.59 Å². The summed E-state index contributed by atoms with van der Waals surface area (Å²) in [5.41, 5.74) is 2.53. The van der Waals surface area contributed by atoms with Crippen molar-refractivity contribution in [2.75, 3.05) is 6.54 Å². The van der Waals surface area contributed by atoms with Gasteiger partial charge in [0.15, 0.2) is 0 Å². The summed E-state index contributed by atoms with van der Waals surface area (Å²) in [6.07, 6.45) is 1.29. The second-order valence-electron chi connectivity index (χ2n) is 5.92. The summed E-state index contributed by atoms with van der Waals surface area (Å²) in [4.78, 5) is 26.2. The molecule has 0 fully saturated rings. The number of benzene rings is 1. The summed E-state index contributed by atoms with van der Waals surface area (Å²) in [6.45, 7) is 7.10. The third-order valence-electron chi connectivity index (χ3n) is 4.01. The molecule has 114 valence electrons. The first-order valence-corrected chi connectivity index (χ1v) is 7.67. The van der Waals surface area contributed by atoms with Crippen LogP contribution in [0.15, 0.2) is 24.3 Å². The van der Waals surface area contributed by atoms with Crippen LogP contribution in [-0.4, -0.2) is 29.3 Å². The maximum Gasteiger partial charge on any atom is 0.245 e. The normalized spacial score (nSPS) is 15.5. The molecule has 4 nitrogen and oxygen atoms in total. The lowest BCUT2D eigenvalue weighted by Gasteiger charge is -2.33. The molecule has 0 saturated heterocycles. The Morgan fingerprint density at radius 1 is 1.24 bits per heavy atom. The van der Waals surface area contributed by atoms with Crippen LogP contribution >= 0.6 is 0 Å². The number of rotatable bonds is 4. The molecule has 0 spiro atoms. The first-order valence-electron chi connectivity index (χ1n) is 7.67. The molecule has 0 bridgehead atoms. The molecule has 0 unspecified atom stereocenters. The first kappa shape index (κ1) is 15.5. The van der Waals surface area contributed by atoms with E-state index in [0.29, 0.717) is 13.0 Å². The van der Waals surface area contributed by atoms with Crippen molar-refractivity contribution in [2.45, 2.75) is 46.2 Å². The zero-order chi connectivity index (χ0) is 15.4. The van der Waals surface area contributed by atoms with Crippen LogP contribution in [0.2, 0.25) is 0 Å². The van der Waals surface area contributed by atoms with Gasteiger partial charge in [-0.2, -0.15) is 0 Å². The molecule has 2 rings (SSSR count). The van der Waals surface area contributed by atoms with E-state index >= 15 is 0 Å². The highest BCUT2D eigenvalue weighted by molar-refractivity contribution is 5.88. The van der Waals surface area contributed by atoms with Gasteiger partial charge >= 0.3 is 0 Å². The van der Waals surface area contributed by atoms with E-state index in [2.05, 4.69) is 17.4 Å². The minimum Gasteiger partial charge on any atom is -0.344 e. The van der Waals surface area contributed by atoms with Crippen LogP contribution < -0.4 is 5.32 Å². The van der Waals surface area contributed by atoms with Gasteiger partial charge in [-0.15, -0.1) is 0 Å². The smallest absolute Gasteiger partial charge is 0.245 e. The van der Waals surface area contributed by atoms with Gasteiger partial charge < -0.3 is 10.2 Å². The third kappa shape index (κ3) is 3.63. The van der Waals surface area contributed by atoms with E-state index in [9.17, 15) is 9.59 Å². The van der Waals surface area contributed by atoms with E-state index in [4.69, 9.17) is 0 Å². The number of amides is 2. The number of hydrogen-bond donors (Lipinski definition) is 1. The summed E-state index contributed by atoms with van der Waals surface area (Å²) >= 11 is 0. The van der Waals surface area contributed by atoms with Crippen LogP contribution in [0.1, 0.15) is 38.3 Å². The summed E-state index contributed by atoms with van der Waals surface area (Å²) in [6, 6.07) is 7.81. The Morgan fingerprint density at radius 3 is 2.52 bits per heavy atom. The van der Waals surface area contributed by atoms with Crippen molar-refractivity contribution in [1.82, 2.24) is 10.2 Å². The van der Waals surface area contributed by atoms with Crippen LogP contribution in [0.4, 0.5) is 0 Å². The Kier molecular flexibility index (Phi) is 4.99. The number of nitrogens with zero attached hydrogens (tertiary/aromatic N) is 1. The van der Waals surface area contributed by atoms with Crippen molar-refractivity contribution in [3.63, 3.8) is 0 Å². The Labute approximate surface area is 126 Å². The minimum absolute atomic E-state index is 0.0290. The third-order valence-corrected chi connectivity index (χ3v) is 4.01. The molecular formula is C17H24N2O2. The highest BCUT2D eigenvalue weighted by Crippen LogP contribution is 2.20. The zero-order valence-corrected chi connectivity index (χ0v) is 13.1. The first-order chi connectivity index (χ1) is 10.0.